The molecule has 0 spiro atoms. The average molecular weight is 509 g/mol. The lowest BCUT2D eigenvalue weighted by Crippen LogP contribution is -2.29. The van der Waals surface area contributed by atoms with E-state index in [-0.39, 0.29) is 23.6 Å². The van der Waals surface area contributed by atoms with Crippen LogP contribution >= 0.6 is 27.5 Å². The number of aryl methyl sites for hydroxylation is 2. The molecule has 4 aromatic rings. The fraction of sp³-hybridized carbons (Fsp3) is 0.154. The topological polar surface area (TPSA) is 50.5 Å². The van der Waals surface area contributed by atoms with Crippen molar-refractivity contribution in [2.45, 2.75) is 26.4 Å². The van der Waals surface area contributed by atoms with Gasteiger partial charge in [-0.1, -0.05) is 63.9 Å². The first-order chi connectivity index (χ1) is 15.3. The van der Waals surface area contributed by atoms with Crippen molar-refractivity contribution in [3.63, 3.8) is 0 Å². The minimum Gasteiger partial charge on any atom is -0.450 e. The Morgan fingerprint density at radius 2 is 1.75 bits per heavy atom. The first kappa shape index (κ1) is 21.0. The first-order valence-electron chi connectivity index (χ1n) is 10.2. The molecule has 3 aromatic carbocycles. The molecule has 0 bridgehead atoms. The van der Waals surface area contributed by atoms with Crippen molar-refractivity contribution in [3.8, 4) is 0 Å². The molecule has 6 heteroatoms. The fourth-order valence-electron chi connectivity index (χ4n) is 4.44. The van der Waals surface area contributed by atoms with Crippen LogP contribution in [0.25, 0.3) is 11.0 Å². The molecule has 1 aliphatic rings. The van der Waals surface area contributed by atoms with Crippen LogP contribution in [0.15, 0.2) is 74.3 Å². The Labute approximate surface area is 198 Å². The molecule has 5 rings (SSSR count). The fourth-order valence-corrected chi connectivity index (χ4v) is 4.90. The number of rotatable bonds is 3. The number of hydrogen-bond acceptors (Lipinski definition) is 3. The Morgan fingerprint density at radius 3 is 2.47 bits per heavy atom. The van der Waals surface area contributed by atoms with Crippen molar-refractivity contribution in [3.05, 3.63) is 114 Å². The number of nitrogens with zero attached hydrogens (tertiary/aromatic N) is 1. The summed E-state index contributed by atoms with van der Waals surface area (Å²) in [6.07, 6.45) is 0. The van der Waals surface area contributed by atoms with Gasteiger partial charge in [0.2, 0.25) is 5.76 Å². The van der Waals surface area contributed by atoms with E-state index in [1.165, 1.54) is 0 Å². The van der Waals surface area contributed by atoms with Crippen LogP contribution in [0, 0.1) is 13.8 Å². The Bertz CT molecular complexity index is 1440. The highest BCUT2D eigenvalue weighted by atomic mass is 79.9. The summed E-state index contributed by atoms with van der Waals surface area (Å²) in [4.78, 5) is 29.0. The number of benzene rings is 3. The minimum atomic E-state index is -0.566. The van der Waals surface area contributed by atoms with Gasteiger partial charge in [0.15, 0.2) is 5.43 Å². The maximum absolute atomic E-state index is 13.7. The molecular weight excluding hydrogens is 490 g/mol. The molecule has 1 atom stereocenters. The van der Waals surface area contributed by atoms with Gasteiger partial charge in [0.1, 0.15) is 5.58 Å². The number of carbonyl (C=O) groups excluding carboxylic acids is 1. The molecule has 1 unspecified atom stereocenters. The van der Waals surface area contributed by atoms with Crippen LogP contribution in [0.4, 0.5) is 0 Å². The molecule has 1 aliphatic heterocycles. The van der Waals surface area contributed by atoms with Crippen LogP contribution in [-0.2, 0) is 6.54 Å². The summed E-state index contributed by atoms with van der Waals surface area (Å²) >= 11 is 9.86. The van der Waals surface area contributed by atoms with E-state index in [0.29, 0.717) is 21.6 Å². The third-order valence-corrected chi connectivity index (χ3v) is 6.78. The second-order valence-corrected chi connectivity index (χ2v) is 9.43. The predicted octanol–water partition coefficient (Wildman–Crippen LogP) is 6.57. The van der Waals surface area contributed by atoms with Gasteiger partial charge in [-0.3, -0.25) is 9.59 Å². The SMILES string of the molecule is Cc1cc(C)c2oc3c(c(=O)c2c1)C(c1ccc(Br)cc1)N(Cc1ccccc1Cl)C3=O. The third-order valence-electron chi connectivity index (χ3n) is 5.88. The predicted molar refractivity (Wildman–Crippen MR) is 129 cm³/mol. The van der Waals surface area contributed by atoms with E-state index in [2.05, 4.69) is 15.9 Å². The monoisotopic (exact) mass is 507 g/mol. The summed E-state index contributed by atoms with van der Waals surface area (Å²) in [6, 6.07) is 18.3. The molecule has 160 valence electrons. The maximum atomic E-state index is 13.7. The van der Waals surface area contributed by atoms with Gasteiger partial charge in [-0.15, -0.1) is 0 Å². The highest BCUT2D eigenvalue weighted by Crippen LogP contribution is 2.40. The Morgan fingerprint density at radius 1 is 1.03 bits per heavy atom. The van der Waals surface area contributed by atoms with Crippen LogP contribution in [0.5, 0.6) is 0 Å². The van der Waals surface area contributed by atoms with Crippen molar-refractivity contribution in [2.75, 3.05) is 0 Å². The molecule has 2 heterocycles. The van der Waals surface area contributed by atoms with Crippen LogP contribution < -0.4 is 5.43 Å². The van der Waals surface area contributed by atoms with Gasteiger partial charge in [-0.05, 0) is 60.4 Å². The second-order valence-electron chi connectivity index (χ2n) is 8.11. The number of amides is 1. The van der Waals surface area contributed by atoms with Gasteiger partial charge < -0.3 is 9.32 Å². The van der Waals surface area contributed by atoms with Crippen molar-refractivity contribution in [1.29, 1.82) is 0 Å². The molecule has 0 saturated heterocycles. The summed E-state index contributed by atoms with van der Waals surface area (Å²) < 4.78 is 7.04. The van der Waals surface area contributed by atoms with Gasteiger partial charge in [0.05, 0.1) is 17.0 Å². The number of hydrogen-bond donors (Lipinski definition) is 0. The zero-order valence-corrected chi connectivity index (χ0v) is 19.8. The van der Waals surface area contributed by atoms with Crippen molar-refractivity contribution in [2.24, 2.45) is 0 Å². The first-order valence-corrected chi connectivity index (χ1v) is 11.4. The summed E-state index contributed by atoms with van der Waals surface area (Å²) in [5.41, 5.74) is 4.11. The largest absolute Gasteiger partial charge is 0.450 e. The number of halogens is 2. The smallest absolute Gasteiger partial charge is 0.291 e. The summed E-state index contributed by atoms with van der Waals surface area (Å²) in [5, 5.41) is 1.07. The normalized spacial score (nSPS) is 15.4. The average Bonchev–Trinajstić information content (AvgIpc) is 3.03. The van der Waals surface area contributed by atoms with E-state index in [1.54, 1.807) is 11.0 Å². The maximum Gasteiger partial charge on any atom is 0.291 e. The Balaban J connectivity index is 1.76. The van der Waals surface area contributed by atoms with Crippen LogP contribution in [0.3, 0.4) is 0 Å². The molecule has 0 N–H and O–H groups in total. The van der Waals surface area contributed by atoms with E-state index < -0.39 is 6.04 Å². The number of fused-ring (bicyclic) bond motifs is 2. The third kappa shape index (κ3) is 3.37. The molecule has 1 aromatic heterocycles. The molecule has 0 fully saturated rings. The lowest BCUT2D eigenvalue weighted by Gasteiger charge is -2.25. The lowest BCUT2D eigenvalue weighted by molar-refractivity contribution is 0.0714. The summed E-state index contributed by atoms with van der Waals surface area (Å²) in [7, 11) is 0. The molecule has 0 saturated carbocycles. The summed E-state index contributed by atoms with van der Waals surface area (Å²) in [5.74, 6) is -0.207. The van der Waals surface area contributed by atoms with E-state index in [1.807, 2.05) is 68.4 Å². The highest BCUT2D eigenvalue weighted by molar-refractivity contribution is 9.10. The number of carbonyl (C=O) groups is 1. The standard InChI is InChI=1S/C26H19BrClNO3/c1-14-11-15(2)24-19(12-14)23(30)21-22(16-7-9-18(27)10-8-16)29(26(31)25(21)32-24)13-17-5-3-4-6-20(17)28/h3-12,22H,13H2,1-2H3. The van der Waals surface area contributed by atoms with E-state index in [4.69, 9.17) is 16.0 Å². The van der Waals surface area contributed by atoms with Crippen LogP contribution in [0.2, 0.25) is 5.02 Å². The van der Waals surface area contributed by atoms with Crippen molar-refractivity contribution < 1.29 is 9.21 Å². The molecule has 4 nitrogen and oxygen atoms in total. The van der Waals surface area contributed by atoms with Gasteiger partial charge in [0.25, 0.3) is 5.91 Å². The van der Waals surface area contributed by atoms with Gasteiger partial charge in [-0.2, -0.15) is 0 Å². The molecule has 0 radical (unpaired) electrons. The van der Waals surface area contributed by atoms with Crippen LogP contribution in [0.1, 0.15) is 44.4 Å². The van der Waals surface area contributed by atoms with Gasteiger partial charge >= 0.3 is 0 Å². The summed E-state index contributed by atoms with van der Waals surface area (Å²) in [6.45, 7) is 4.09. The highest BCUT2D eigenvalue weighted by Gasteiger charge is 2.43. The quantitative estimate of drug-likeness (QED) is 0.314. The van der Waals surface area contributed by atoms with Crippen molar-refractivity contribution in [1.82, 2.24) is 4.90 Å². The lowest BCUT2D eigenvalue weighted by atomic mass is 9.97. The van der Waals surface area contributed by atoms with Crippen molar-refractivity contribution >= 4 is 44.4 Å². The van der Waals surface area contributed by atoms with Crippen LogP contribution in [-0.4, -0.2) is 10.8 Å². The second kappa shape index (κ2) is 7.91. The van der Waals surface area contributed by atoms with Gasteiger partial charge in [-0.25, -0.2) is 0 Å². The Kier molecular flexibility index (Phi) is 5.19. The minimum absolute atomic E-state index is 0.106. The van der Waals surface area contributed by atoms with Gasteiger partial charge in [0, 0.05) is 16.0 Å². The zero-order valence-electron chi connectivity index (χ0n) is 17.5. The molecular formula is C26H19BrClNO3. The zero-order chi connectivity index (χ0) is 22.6. The van der Waals surface area contributed by atoms with E-state index in [9.17, 15) is 9.59 Å². The molecule has 1 amide bonds. The van der Waals surface area contributed by atoms with E-state index >= 15 is 0 Å². The molecule has 0 aliphatic carbocycles. The Hall–Kier alpha value is -2.89. The van der Waals surface area contributed by atoms with E-state index in [0.717, 1.165) is 26.7 Å². The molecule has 32 heavy (non-hydrogen) atoms.